The number of pyridine rings is 1. The van der Waals surface area contributed by atoms with Gasteiger partial charge in [0.1, 0.15) is 10.8 Å². The van der Waals surface area contributed by atoms with E-state index in [-0.39, 0.29) is 18.3 Å². The van der Waals surface area contributed by atoms with Crippen LogP contribution in [0.25, 0.3) is 11.3 Å². The van der Waals surface area contributed by atoms with Crippen molar-refractivity contribution in [2.24, 2.45) is 5.92 Å². The number of hydrogen-bond donors (Lipinski definition) is 1. The maximum Gasteiger partial charge on any atom is 0.419 e. The third kappa shape index (κ3) is 5.04. The molecule has 4 rings (SSSR count). The summed E-state index contributed by atoms with van der Waals surface area (Å²) in [5.41, 5.74) is 1.09. The maximum absolute atomic E-state index is 13.3. The number of anilines is 1. The molecule has 0 saturated carbocycles. The minimum absolute atomic E-state index is 0.111. The number of benzene rings is 1. The number of nitrogens with zero attached hydrogens (tertiary/aromatic N) is 3. The van der Waals surface area contributed by atoms with Crippen molar-refractivity contribution < 1.29 is 18.0 Å². The fourth-order valence-electron chi connectivity index (χ4n) is 3.69. The van der Waals surface area contributed by atoms with E-state index in [1.54, 1.807) is 4.90 Å². The number of rotatable bonds is 5. The Morgan fingerprint density at radius 2 is 2.00 bits per heavy atom. The number of alkyl halides is 3. The summed E-state index contributed by atoms with van der Waals surface area (Å²) in [4.78, 5) is 22.8. The molecule has 0 bridgehead atoms. The summed E-state index contributed by atoms with van der Waals surface area (Å²) in [6, 6.07) is 12.1. The second-order valence-electron chi connectivity index (χ2n) is 7.37. The summed E-state index contributed by atoms with van der Waals surface area (Å²) in [7, 11) is 0. The van der Waals surface area contributed by atoms with E-state index >= 15 is 0 Å². The van der Waals surface area contributed by atoms with Crippen LogP contribution in [0.15, 0.2) is 54.0 Å². The molecule has 1 fully saturated rings. The number of piperidine rings is 1. The van der Waals surface area contributed by atoms with Gasteiger partial charge in [0.05, 0.1) is 23.7 Å². The molecule has 1 saturated heterocycles. The molecular formula is C22H21F3N4OS. The number of aromatic nitrogens is 2. The van der Waals surface area contributed by atoms with E-state index in [1.165, 1.54) is 23.6 Å². The van der Waals surface area contributed by atoms with Crippen LogP contribution in [0.3, 0.4) is 0 Å². The Bertz CT molecular complexity index is 1040. The molecule has 0 aliphatic carbocycles. The first-order chi connectivity index (χ1) is 14.9. The topological polar surface area (TPSA) is 58.1 Å². The molecule has 3 aromatic rings. The van der Waals surface area contributed by atoms with Gasteiger partial charge in [-0.15, -0.1) is 11.3 Å². The molecule has 9 heteroatoms. The Morgan fingerprint density at radius 3 is 2.77 bits per heavy atom. The highest BCUT2D eigenvalue weighted by Gasteiger charge is 2.37. The SMILES string of the molecule is O=C(NCc1nc(-c2ccccc2)cs1)C1CCCN(c2ncccc2C(F)(F)F)C1. The lowest BCUT2D eigenvalue weighted by molar-refractivity contribution is -0.137. The van der Waals surface area contributed by atoms with Crippen LogP contribution in [0.4, 0.5) is 19.0 Å². The molecule has 1 aliphatic heterocycles. The number of nitrogens with one attached hydrogen (secondary N) is 1. The molecule has 1 atom stereocenters. The highest BCUT2D eigenvalue weighted by molar-refractivity contribution is 7.09. The average molecular weight is 446 g/mol. The number of thiazole rings is 1. The number of hydrogen-bond acceptors (Lipinski definition) is 5. The summed E-state index contributed by atoms with van der Waals surface area (Å²) in [5, 5.41) is 5.61. The van der Waals surface area contributed by atoms with E-state index < -0.39 is 17.7 Å². The van der Waals surface area contributed by atoms with Crippen molar-refractivity contribution in [3.05, 3.63) is 64.6 Å². The standard InChI is InChI=1S/C22H21F3N4OS/c23-22(24,25)17-9-4-10-26-20(17)29-11-5-8-16(13-29)21(30)27-12-19-28-18(14-31-19)15-6-2-1-3-7-15/h1-4,6-7,9-10,14,16H,5,8,11-13H2,(H,27,30). The first-order valence-electron chi connectivity index (χ1n) is 9.96. The van der Waals surface area contributed by atoms with Crippen molar-refractivity contribution in [2.45, 2.75) is 25.6 Å². The van der Waals surface area contributed by atoms with Crippen LogP contribution in [-0.2, 0) is 17.5 Å². The Balaban J connectivity index is 1.38. The fourth-order valence-corrected chi connectivity index (χ4v) is 4.44. The lowest BCUT2D eigenvalue weighted by Crippen LogP contribution is -2.43. The van der Waals surface area contributed by atoms with Crippen LogP contribution >= 0.6 is 11.3 Å². The van der Waals surface area contributed by atoms with Crippen molar-refractivity contribution in [2.75, 3.05) is 18.0 Å². The largest absolute Gasteiger partial charge is 0.419 e. The first-order valence-corrected chi connectivity index (χ1v) is 10.8. The lowest BCUT2D eigenvalue weighted by atomic mass is 9.96. The normalized spacial score (nSPS) is 16.9. The molecule has 31 heavy (non-hydrogen) atoms. The van der Waals surface area contributed by atoms with Gasteiger partial charge in [0.2, 0.25) is 5.91 Å². The molecule has 1 N–H and O–H groups in total. The predicted octanol–water partition coefficient (Wildman–Crippen LogP) is 4.76. The zero-order valence-corrected chi connectivity index (χ0v) is 17.4. The van der Waals surface area contributed by atoms with E-state index in [2.05, 4.69) is 15.3 Å². The van der Waals surface area contributed by atoms with E-state index in [4.69, 9.17) is 0 Å². The van der Waals surface area contributed by atoms with Gasteiger partial charge in [-0.05, 0) is 25.0 Å². The molecule has 1 amide bonds. The van der Waals surface area contributed by atoms with E-state index in [0.717, 1.165) is 22.3 Å². The molecule has 1 aromatic carbocycles. The van der Waals surface area contributed by atoms with Gasteiger partial charge in [0.25, 0.3) is 0 Å². The highest BCUT2D eigenvalue weighted by atomic mass is 32.1. The number of carbonyl (C=O) groups excluding carboxylic acids is 1. The quantitative estimate of drug-likeness (QED) is 0.614. The van der Waals surface area contributed by atoms with Crippen LogP contribution in [0.2, 0.25) is 0 Å². The van der Waals surface area contributed by atoms with Gasteiger partial charge >= 0.3 is 6.18 Å². The van der Waals surface area contributed by atoms with Crippen molar-refractivity contribution in [3.63, 3.8) is 0 Å². The van der Waals surface area contributed by atoms with Gasteiger partial charge in [-0.2, -0.15) is 13.2 Å². The molecule has 2 aromatic heterocycles. The third-order valence-electron chi connectivity index (χ3n) is 5.22. The summed E-state index contributed by atoms with van der Waals surface area (Å²) < 4.78 is 40.0. The molecule has 1 unspecified atom stereocenters. The molecule has 0 radical (unpaired) electrons. The minimum atomic E-state index is -4.49. The van der Waals surface area contributed by atoms with Crippen molar-refractivity contribution in [1.29, 1.82) is 0 Å². The molecule has 0 spiro atoms. The minimum Gasteiger partial charge on any atom is -0.355 e. The van der Waals surface area contributed by atoms with Gasteiger partial charge in [-0.1, -0.05) is 30.3 Å². The Morgan fingerprint density at radius 1 is 1.19 bits per heavy atom. The predicted molar refractivity (Wildman–Crippen MR) is 114 cm³/mol. The zero-order chi connectivity index (χ0) is 21.8. The Labute approximate surface area is 182 Å². The second kappa shape index (κ2) is 9.05. The third-order valence-corrected chi connectivity index (χ3v) is 6.07. The second-order valence-corrected chi connectivity index (χ2v) is 8.31. The van der Waals surface area contributed by atoms with Gasteiger partial charge in [0, 0.05) is 30.2 Å². The molecule has 3 heterocycles. The number of carbonyl (C=O) groups is 1. The summed E-state index contributed by atoms with van der Waals surface area (Å²) in [6.07, 6.45) is -1.88. The van der Waals surface area contributed by atoms with E-state index in [1.807, 2.05) is 35.7 Å². The Kier molecular flexibility index (Phi) is 6.22. The smallest absolute Gasteiger partial charge is 0.355 e. The zero-order valence-electron chi connectivity index (χ0n) is 16.6. The van der Waals surface area contributed by atoms with Gasteiger partial charge in [0.15, 0.2) is 0 Å². The monoisotopic (exact) mass is 446 g/mol. The van der Waals surface area contributed by atoms with Crippen molar-refractivity contribution in [3.8, 4) is 11.3 Å². The van der Waals surface area contributed by atoms with E-state index in [9.17, 15) is 18.0 Å². The van der Waals surface area contributed by atoms with Crippen LogP contribution in [0.1, 0.15) is 23.4 Å². The van der Waals surface area contributed by atoms with Crippen molar-refractivity contribution in [1.82, 2.24) is 15.3 Å². The maximum atomic E-state index is 13.3. The van der Waals surface area contributed by atoms with E-state index in [0.29, 0.717) is 25.9 Å². The average Bonchev–Trinajstić information content (AvgIpc) is 3.27. The molecule has 1 aliphatic rings. The van der Waals surface area contributed by atoms with Crippen molar-refractivity contribution >= 4 is 23.1 Å². The summed E-state index contributed by atoms with van der Waals surface area (Å²) >= 11 is 1.46. The molecular weight excluding hydrogens is 425 g/mol. The molecule has 162 valence electrons. The van der Waals surface area contributed by atoms with Crippen LogP contribution in [-0.4, -0.2) is 29.0 Å². The summed E-state index contributed by atoms with van der Waals surface area (Å²) in [6.45, 7) is 0.945. The first kappa shape index (κ1) is 21.3. The number of halogens is 3. The fraction of sp³-hybridized carbons (Fsp3) is 0.318. The number of amides is 1. The highest BCUT2D eigenvalue weighted by Crippen LogP contribution is 2.36. The van der Waals surface area contributed by atoms with Gasteiger partial charge in [-0.25, -0.2) is 9.97 Å². The Hall–Kier alpha value is -2.94. The molecule has 5 nitrogen and oxygen atoms in total. The van der Waals surface area contributed by atoms with Gasteiger partial charge in [-0.3, -0.25) is 4.79 Å². The lowest BCUT2D eigenvalue weighted by Gasteiger charge is -2.34. The summed E-state index contributed by atoms with van der Waals surface area (Å²) in [5.74, 6) is -0.684. The van der Waals surface area contributed by atoms with Crippen LogP contribution in [0, 0.1) is 5.92 Å². The van der Waals surface area contributed by atoms with Crippen LogP contribution in [0.5, 0.6) is 0 Å². The van der Waals surface area contributed by atoms with Crippen LogP contribution < -0.4 is 10.2 Å². The van der Waals surface area contributed by atoms with Gasteiger partial charge < -0.3 is 10.2 Å².